The van der Waals surface area contributed by atoms with Crippen molar-refractivity contribution >= 4 is 23.4 Å². The molecule has 0 bridgehead atoms. The van der Waals surface area contributed by atoms with E-state index in [9.17, 15) is 9.59 Å². The first kappa shape index (κ1) is 19.5. The van der Waals surface area contributed by atoms with E-state index in [1.165, 1.54) is 7.11 Å². The van der Waals surface area contributed by atoms with Gasteiger partial charge in [0.15, 0.2) is 5.78 Å². The van der Waals surface area contributed by atoms with Gasteiger partial charge in [-0.15, -0.1) is 0 Å². The lowest BCUT2D eigenvalue weighted by Crippen LogP contribution is -2.38. The van der Waals surface area contributed by atoms with Crippen molar-refractivity contribution < 1.29 is 19.1 Å². The molecule has 1 N–H and O–H groups in total. The minimum atomic E-state index is -0.513. The van der Waals surface area contributed by atoms with Crippen molar-refractivity contribution in [3.8, 4) is 5.75 Å². The standard InChI is InChI=1S/C21H24ClNO4/c1-11-17(20(25)27-5)18(12-6-7-16(26-4)13(22)8-12)19-14(23-11)9-21(2,3)10-15(19)24/h6-8,18,23H,9-10H2,1-5H3/t18-/m1/s1. The number of dihydropyridines is 1. The Bertz CT molecular complexity index is 882. The van der Waals surface area contributed by atoms with E-state index in [1.54, 1.807) is 19.2 Å². The summed E-state index contributed by atoms with van der Waals surface area (Å²) >= 11 is 6.33. The van der Waals surface area contributed by atoms with Crippen LogP contribution >= 0.6 is 11.6 Å². The van der Waals surface area contributed by atoms with Gasteiger partial charge >= 0.3 is 5.97 Å². The number of halogens is 1. The molecular formula is C21H24ClNO4. The Morgan fingerprint density at radius 2 is 1.96 bits per heavy atom. The highest BCUT2D eigenvalue weighted by Crippen LogP contribution is 2.47. The number of ketones is 1. The molecule has 1 aromatic carbocycles. The van der Waals surface area contributed by atoms with Crippen LogP contribution in [0.4, 0.5) is 0 Å². The number of carbonyl (C=O) groups is 2. The van der Waals surface area contributed by atoms with E-state index in [4.69, 9.17) is 21.1 Å². The molecule has 1 aliphatic heterocycles. The first-order chi connectivity index (χ1) is 12.7. The summed E-state index contributed by atoms with van der Waals surface area (Å²) in [6.07, 6.45) is 1.17. The number of hydrogen-bond donors (Lipinski definition) is 1. The van der Waals surface area contributed by atoms with Gasteiger partial charge in [0.2, 0.25) is 0 Å². The Kier molecular flexibility index (Phi) is 5.08. The van der Waals surface area contributed by atoms with Crippen molar-refractivity contribution in [3.63, 3.8) is 0 Å². The smallest absolute Gasteiger partial charge is 0.336 e. The molecule has 144 valence electrons. The molecule has 27 heavy (non-hydrogen) atoms. The summed E-state index contributed by atoms with van der Waals surface area (Å²) < 4.78 is 10.2. The fraction of sp³-hybridized carbons (Fsp3) is 0.429. The van der Waals surface area contributed by atoms with Crippen LogP contribution in [0.3, 0.4) is 0 Å². The van der Waals surface area contributed by atoms with Gasteiger partial charge in [-0.05, 0) is 36.5 Å². The Morgan fingerprint density at radius 1 is 1.26 bits per heavy atom. The van der Waals surface area contributed by atoms with Crippen LogP contribution in [-0.2, 0) is 14.3 Å². The summed E-state index contributed by atoms with van der Waals surface area (Å²) in [5, 5.41) is 3.72. The van der Waals surface area contributed by atoms with E-state index in [0.29, 0.717) is 34.0 Å². The van der Waals surface area contributed by atoms with Gasteiger partial charge in [-0.25, -0.2) is 4.79 Å². The predicted octanol–water partition coefficient (Wildman–Crippen LogP) is 4.13. The van der Waals surface area contributed by atoms with Crippen molar-refractivity contribution in [2.45, 2.75) is 39.5 Å². The summed E-state index contributed by atoms with van der Waals surface area (Å²) in [5.41, 5.74) is 3.27. The maximum atomic E-state index is 13.1. The lowest BCUT2D eigenvalue weighted by atomic mass is 9.68. The molecule has 0 spiro atoms. The molecule has 1 heterocycles. The van der Waals surface area contributed by atoms with E-state index in [2.05, 4.69) is 19.2 Å². The van der Waals surface area contributed by atoms with Crippen LogP contribution in [0.2, 0.25) is 5.02 Å². The number of rotatable bonds is 3. The minimum absolute atomic E-state index is 0.0413. The number of ether oxygens (including phenoxy) is 2. The van der Waals surface area contributed by atoms with Crippen LogP contribution in [0.15, 0.2) is 40.7 Å². The number of allylic oxidation sites excluding steroid dienone is 3. The van der Waals surface area contributed by atoms with Crippen molar-refractivity contribution in [2.75, 3.05) is 14.2 Å². The summed E-state index contributed by atoms with van der Waals surface area (Å²) in [6, 6.07) is 5.35. The van der Waals surface area contributed by atoms with E-state index in [1.807, 2.05) is 13.0 Å². The van der Waals surface area contributed by atoms with Gasteiger partial charge in [0.1, 0.15) is 5.75 Å². The van der Waals surface area contributed by atoms with E-state index in [0.717, 1.165) is 17.7 Å². The minimum Gasteiger partial charge on any atom is -0.495 e. The molecule has 1 aliphatic carbocycles. The average Bonchev–Trinajstić information content (AvgIpc) is 2.58. The number of esters is 1. The topological polar surface area (TPSA) is 64.6 Å². The number of benzene rings is 1. The lowest BCUT2D eigenvalue weighted by molar-refractivity contribution is -0.136. The molecule has 1 atom stereocenters. The Morgan fingerprint density at radius 3 is 2.56 bits per heavy atom. The van der Waals surface area contributed by atoms with Crippen LogP contribution in [0.5, 0.6) is 5.75 Å². The second kappa shape index (κ2) is 7.04. The molecule has 3 rings (SSSR count). The molecule has 1 aromatic rings. The van der Waals surface area contributed by atoms with Crippen molar-refractivity contribution in [3.05, 3.63) is 51.3 Å². The van der Waals surface area contributed by atoms with E-state index < -0.39 is 11.9 Å². The van der Waals surface area contributed by atoms with Gasteiger partial charge in [-0.1, -0.05) is 31.5 Å². The van der Waals surface area contributed by atoms with Crippen LogP contribution in [0, 0.1) is 5.41 Å². The SMILES string of the molecule is COC(=O)C1=C(C)NC2=C(C(=O)CC(C)(C)C2)[C@@H]1c1ccc(OC)c(Cl)c1. The molecule has 2 aliphatic rings. The van der Waals surface area contributed by atoms with Crippen molar-refractivity contribution in [2.24, 2.45) is 5.41 Å². The van der Waals surface area contributed by atoms with Crippen molar-refractivity contribution in [1.29, 1.82) is 0 Å². The quantitative estimate of drug-likeness (QED) is 0.787. The van der Waals surface area contributed by atoms with Gasteiger partial charge in [0.25, 0.3) is 0 Å². The lowest BCUT2D eigenvalue weighted by Gasteiger charge is -2.39. The monoisotopic (exact) mass is 389 g/mol. The normalized spacial score (nSPS) is 21.6. The molecule has 0 saturated carbocycles. The van der Waals surface area contributed by atoms with Crippen molar-refractivity contribution in [1.82, 2.24) is 5.32 Å². The third-order valence-electron chi connectivity index (χ3n) is 5.15. The van der Waals surface area contributed by atoms with Gasteiger partial charge in [-0.3, -0.25) is 4.79 Å². The Labute approximate surface area is 164 Å². The zero-order valence-electron chi connectivity index (χ0n) is 16.2. The summed E-state index contributed by atoms with van der Waals surface area (Å²) in [7, 11) is 2.89. The summed E-state index contributed by atoms with van der Waals surface area (Å²) in [4.78, 5) is 25.6. The molecule has 5 nitrogen and oxygen atoms in total. The predicted molar refractivity (Wildman–Crippen MR) is 104 cm³/mol. The summed E-state index contributed by atoms with van der Waals surface area (Å²) in [6.45, 7) is 5.98. The maximum absolute atomic E-state index is 13.1. The molecule has 0 amide bonds. The van der Waals surface area contributed by atoms with Crippen LogP contribution in [0.1, 0.15) is 45.1 Å². The number of nitrogens with one attached hydrogen (secondary N) is 1. The average molecular weight is 390 g/mol. The van der Waals surface area contributed by atoms with E-state index in [-0.39, 0.29) is 11.2 Å². The number of carbonyl (C=O) groups excluding carboxylic acids is 2. The third kappa shape index (κ3) is 3.48. The highest BCUT2D eigenvalue weighted by Gasteiger charge is 2.43. The largest absolute Gasteiger partial charge is 0.495 e. The molecule has 6 heteroatoms. The van der Waals surface area contributed by atoms with Gasteiger partial charge in [0, 0.05) is 29.3 Å². The van der Waals surface area contributed by atoms with Crippen LogP contribution in [0.25, 0.3) is 0 Å². The zero-order chi connectivity index (χ0) is 19.9. The first-order valence-corrected chi connectivity index (χ1v) is 9.22. The fourth-order valence-electron chi connectivity index (χ4n) is 4.01. The highest BCUT2D eigenvalue weighted by atomic mass is 35.5. The zero-order valence-corrected chi connectivity index (χ0v) is 17.0. The Balaban J connectivity index is 2.21. The van der Waals surface area contributed by atoms with Gasteiger partial charge < -0.3 is 14.8 Å². The highest BCUT2D eigenvalue weighted by molar-refractivity contribution is 6.32. The molecule has 0 saturated heterocycles. The molecule has 0 fully saturated rings. The summed E-state index contributed by atoms with van der Waals surface area (Å²) in [5.74, 6) is -0.388. The molecule has 0 radical (unpaired) electrons. The fourth-order valence-corrected chi connectivity index (χ4v) is 4.28. The van der Waals surface area contributed by atoms with Gasteiger partial charge in [-0.2, -0.15) is 0 Å². The van der Waals surface area contributed by atoms with E-state index >= 15 is 0 Å². The Hall–Kier alpha value is -2.27. The molecular weight excluding hydrogens is 366 g/mol. The number of hydrogen-bond acceptors (Lipinski definition) is 5. The van der Waals surface area contributed by atoms with Crippen LogP contribution < -0.4 is 10.1 Å². The first-order valence-electron chi connectivity index (χ1n) is 8.84. The molecule has 0 unspecified atom stereocenters. The maximum Gasteiger partial charge on any atom is 0.336 e. The van der Waals surface area contributed by atoms with Gasteiger partial charge in [0.05, 0.1) is 24.8 Å². The molecule has 0 aromatic heterocycles. The second-order valence-electron chi connectivity index (χ2n) is 7.82. The third-order valence-corrected chi connectivity index (χ3v) is 5.45. The van der Waals surface area contributed by atoms with Crippen LogP contribution in [-0.4, -0.2) is 26.0 Å². The number of methoxy groups -OCH3 is 2. The second-order valence-corrected chi connectivity index (χ2v) is 8.22. The number of Topliss-reactive ketones (excluding diaryl/α,β-unsaturated/α-hetero) is 1.